The van der Waals surface area contributed by atoms with Crippen molar-refractivity contribution in [3.63, 3.8) is 0 Å². The number of aliphatic carboxylic acids is 5. The normalized spacial score (nSPS) is 9.42. The summed E-state index contributed by atoms with van der Waals surface area (Å²) in [5.41, 5.74) is 10.9. The van der Waals surface area contributed by atoms with Crippen LogP contribution in [0.4, 0.5) is 0 Å². The Hall–Kier alpha value is -3.01. The molecule has 0 aliphatic heterocycles. The minimum absolute atomic E-state index is 0. The van der Waals surface area contributed by atoms with Gasteiger partial charge in [-0.1, -0.05) is 0 Å². The van der Waals surface area contributed by atoms with Crippen LogP contribution in [0.3, 0.4) is 0 Å². The zero-order valence-corrected chi connectivity index (χ0v) is 18.5. The largest absolute Gasteiger partial charge is 0.481 e. The topological polar surface area (TPSA) is 452 Å². The molecule has 0 rings (SSSR count). The van der Waals surface area contributed by atoms with Crippen molar-refractivity contribution >= 4 is 29.8 Å². The van der Waals surface area contributed by atoms with E-state index in [9.17, 15) is 24.0 Å². The van der Waals surface area contributed by atoms with Gasteiger partial charge in [0.1, 0.15) is 0 Å². The van der Waals surface area contributed by atoms with Gasteiger partial charge in [-0.05, 0) is 0 Å². The Kier molecular flexibility index (Phi) is 32.1. The van der Waals surface area contributed by atoms with E-state index in [1.807, 2.05) is 0 Å². The van der Waals surface area contributed by atoms with E-state index in [0.29, 0.717) is 13.1 Å². The number of nitrogens with one attached hydrogen (secondary N) is 1. The summed E-state index contributed by atoms with van der Waals surface area (Å²) >= 11 is 0. The monoisotopic (exact) mass is 495 g/mol. The molecule has 19 nitrogen and oxygen atoms in total. The molecule has 33 heavy (non-hydrogen) atoms. The SMILES string of the molecule is N.N.N.N.N.NC(CC(=O)O)(CC(=O)O)C(CC(=O)O)(CC(=O)O)NCC(=O)O.NCCN. The average Bonchev–Trinajstić information content (AvgIpc) is 2.50. The van der Waals surface area contributed by atoms with E-state index in [2.05, 4.69) is 5.32 Å². The molecule has 0 radical (unpaired) electrons. The van der Waals surface area contributed by atoms with E-state index in [1.165, 1.54) is 0 Å². The lowest BCUT2D eigenvalue weighted by molar-refractivity contribution is -0.152. The van der Waals surface area contributed by atoms with Gasteiger partial charge in [-0.25, -0.2) is 0 Å². The zero-order chi connectivity index (χ0) is 22.5. The van der Waals surface area contributed by atoms with Crippen molar-refractivity contribution in [2.75, 3.05) is 19.6 Å². The quantitative estimate of drug-likeness (QED) is 0.128. The summed E-state index contributed by atoms with van der Waals surface area (Å²) in [6.45, 7) is 0.249. The summed E-state index contributed by atoms with van der Waals surface area (Å²) in [5, 5.41) is 46.9. The first-order valence-electron chi connectivity index (χ1n) is 7.78. The summed E-state index contributed by atoms with van der Waals surface area (Å²) in [6.07, 6.45) is -4.37. The number of rotatable bonds is 13. The molecule has 0 aliphatic rings. The maximum absolute atomic E-state index is 11.1. The molecule has 0 aromatic rings. The van der Waals surface area contributed by atoms with Crippen molar-refractivity contribution in [3.05, 3.63) is 0 Å². The lowest BCUT2D eigenvalue weighted by Gasteiger charge is -2.46. The summed E-state index contributed by atoms with van der Waals surface area (Å²) < 4.78 is 0. The Morgan fingerprint density at radius 1 is 0.576 bits per heavy atom. The summed E-state index contributed by atoms with van der Waals surface area (Å²) in [6, 6.07) is 0. The fourth-order valence-electron chi connectivity index (χ4n) is 2.42. The molecule has 0 fully saturated rings. The molecule has 27 N–H and O–H groups in total. The van der Waals surface area contributed by atoms with Crippen LogP contribution in [0.5, 0.6) is 0 Å². The van der Waals surface area contributed by atoms with Crippen LogP contribution in [0, 0.1) is 0 Å². The molecule has 0 aromatic carbocycles. The maximum atomic E-state index is 11.1. The lowest BCUT2D eigenvalue weighted by Crippen LogP contribution is -2.71. The molecule has 0 saturated heterocycles. The third kappa shape index (κ3) is 19.4. The number of carboxylic acid groups (broad SMARTS) is 5. The molecule has 0 atom stereocenters. The predicted octanol–water partition coefficient (Wildman–Crippen LogP) is -2.29. The molecule has 0 bridgehead atoms. The number of carbonyl (C=O) groups is 5. The highest BCUT2D eigenvalue weighted by molar-refractivity contribution is 5.79. The first-order chi connectivity index (χ1) is 12.7. The van der Waals surface area contributed by atoms with Gasteiger partial charge in [0.2, 0.25) is 0 Å². The summed E-state index contributed by atoms with van der Waals surface area (Å²) in [7, 11) is 0. The summed E-state index contributed by atoms with van der Waals surface area (Å²) in [4.78, 5) is 55.1. The van der Waals surface area contributed by atoms with Gasteiger partial charge in [0, 0.05) is 13.1 Å². The van der Waals surface area contributed by atoms with Crippen LogP contribution >= 0.6 is 0 Å². The number of nitrogens with two attached hydrogens (primary N) is 3. The number of hydrogen-bond acceptors (Lipinski definition) is 14. The molecule has 202 valence electrons. The number of carboxylic acids is 5. The lowest BCUT2D eigenvalue weighted by atomic mass is 9.68. The van der Waals surface area contributed by atoms with E-state index in [1.54, 1.807) is 0 Å². The molecule has 0 saturated carbocycles. The Morgan fingerprint density at radius 3 is 1.03 bits per heavy atom. The molecule has 0 unspecified atom stereocenters. The molecular weight excluding hydrogens is 454 g/mol. The van der Waals surface area contributed by atoms with Gasteiger partial charge in [0.25, 0.3) is 0 Å². The van der Waals surface area contributed by atoms with Crippen molar-refractivity contribution in [1.29, 1.82) is 0 Å². The Balaban J connectivity index is -0.000000138. The van der Waals surface area contributed by atoms with Crippen LogP contribution < -0.4 is 53.3 Å². The Morgan fingerprint density at radius 2 is 0.848 bits per heavy atom. The predicted molar refractivity (Wildman–Crippen MR) is 118 cm³/mol. The fraction of sp³-hybridized carbons (Fsp3) is 0.643. The number of hydrogen-bond donors (Lipinski definition) is 14. The maximum Gasteiger partial charge on any atom is 0.317 e. The highest BCUT2D eigenvalue weighted by Gasteiger charge is 2.53. The molecule has 19 heteroatoms. The van der Waals surface area contributed by atoms with E-state index in [-0.39, 0.29) is 30.8 Å². The van der Waals surface area contributed by atoms with Gasteiger partial charge in [-0.15, -0.1) is 0 Å². The van der Waals surface area contributed by atoms with Crippen molar-refractivity contribution in [2.24, 2.45) is 17.2 Å². The van der Waals surface area contributed by atoms with Crippen molar-refractivity contribution in [1.82, 2.24) is 36.1 Å². The average molecular weight is 496 g/mol. The van der Waals surface area contributed by atoms with E-state index in [0.717, 1.165) is 0 Å². The van der Waals surface area contributed by atoms with E-state index < -0.39 is 73.2 Å². The molecule has 0 spiro atoms. The van der Waals surface area contributed by atoms with Crippen LogP contribution in [0.1, 0.15) is 25.7 Å². The second-order valence-electron chi connectivity index (χ2n) is 5.84. The Labute approximate surface area is 190 Å². The van der Waals surface area contributed by atoms with E-state index >= 15 is 0 Å². The van der Waals surface area contributed by atoms with Gasteiger partial charge >= 0.3 is 29.8 Å². The highest BCUT2D eigenvalue weighted by Crippen LogP contribution is 2.34. The first-order valence-corrected chi connectivity index (χ1v) is 7.78. The third-order valence-corrected chi connectivity index (χ3v) is 3.54. The molecule has 0 aromatic heterocycles. The van der Waals surface area contributed by atoms with Crippen molar-refractivity contribution in [2.45, 2.75) is 36.8 Å². The molecule has 0 heterocycles. The molecule has 0 amide bonds. The van der Waals surface area contributed by atoms with Gasteiger partial charge in [-0.2, -0.15) is 0 Å². The molecular formula is C14H41N9O10. The standard InChI is InChI=1S/C12H18N2O10.C2H8N2.5H3N/c13-11(1-6(15)16,2-7(17)18)12(3-8(19)20,4-9(21)22)14-5-10(23)24;3-1-2-4;;;;;/h14H,1-5,13H2,(H,15,16)(H,17,18)(H,19,20)(H,21,22)(H,23,24);1-4H2;5*1H3. The second kappa shape index (κ2) is 22.2. The van der Waals surface area contributed by atoms with Crippen molar-refractivity contribution < 1.29 is 49.5 Å². The van der Waals surface area contributed by atoms with Gasteiger partial charge < -0.3 is 73.5 Å². The van der Waals surface area contributed by atoms with Gasteiger partial charge in [-0.3, -0.25) is 29.3 Å². The van der Waals surface area contributed by atoms with Crippen molar-refractivity contribution in [3.8, 4) is 0 Å². The van der Waals surface area contributed by atoms with Gasteiger partial charge in [0.15, 0.2) is 0 Å². The van der Waals surface area contributed by atoms with Crippen LogP contribution in [-0.4, -0.2) is 86.1 Å². The first kappa shape index (κ1) is 47.7. The molecule has 0 aliphatic carbocycles. The van der Waals surface area contributed by atoms with E-state index in [4.69, 9.17) is 42.7 Å². The summed E-state index contributed by atoms with van der Waals surface area (Å²) in [5.74, 6) is -7.92. The Bertz CT molecular complexity index is 558. The van der Waals surface area contributed by atoms with Crippen LogP contribution in [0.25, 0.3) is 0 Å². The minimum Gasteiger partial charge on any atom is -0.481 e. The van der Waals surface area contributed by atoms with Crippen LogP contribution in [0.2, 0.25) is 0 Å². The smallest absolute Gasteiger partial charge is 0.317 e. The van der Waals surface area contributed by atoms with Crippen LogP contribution in [0.15, 0.2) is 0 Å². The van der Waals surface area contributed by atoms with Gasteiger partial charge in [0.05, 0.1) is 43.3 Å². The third-order valence-electron chi connectivity index (χ3n) is 3.54. The highest BCUT2D eigenvalue weighted by atomic mass is 16.4. The minimum atomic E-state index is -2.38. The second-order valence-corrected chi connectivity index (χ2v) is 5.84. The fourth-order valence-corrected chi connectivity index (χ4v) is 2.42. The zero-order valence-electron chi connectivity index (χ0n) is 18.5. The van der Waals surface area contributed by atoms with Crippen LogP contribution in [-0.2, 0) is 24.0 Å².